The van der Waals surface area contributed by atoms with Crippen LogP contribution in [0.4, 0.5) is 0 Å². The van der Waals surface area contributed by atoms with Crippen molar-refractivity contribution < 1.29 is 9.90 Å². The Hall–Kier alpha value is -0.980. The highest BCUT2D eigenvalue weighted by Crippen LogP contribution is 2.18. The van der Waals surface area contributed by atoms with Crippen LogP contribution < -0.4 is 0 Å². The number of aliphatic hydroxyl groups is 1. The van der Waals surface area contributed by atoms with Crippen LogP contribution in [0, 0.1) is 0 Å². The minimum Gasteiger partial charge on any atom is -0.395 e. The fraction of sp³-hybridized carbons (Fsp3) is 0.714. The first-order chi connectivity index (χ1) is 9.71. The average Bonchev–Trinajstić information content (AvgIpc) is 2.97. The molecular weight excluding hydrogens is 274 g/mol. The highest BCUT2D eigenvalue weighted by molar-refractivity contribution is 7.11. The van der Waals surface area contributed by atoms with Gasteiger partial charge in [0, 0.05) is 32.2 Å². The molecule has 1 aliphatic rings. The van der Waals surface area contributed by atoms with E-state index in [1.165, 1.54) is 11.3 Å². The maximum atomic E-state index is 12.5. The number of thiazole rings is 1. The summed E-state index contributed by atoms with van der Waals surface area (Å²) in [6.45, 7) is 7.45. The quantitative estimate of drug-likeness (QED) is 0.888. The normalized spacial score (nSPS) is 18.2. The van der Waals surface area contributed by atoms with Gasteiger partial charge in [-0.3, -0.25) is 9.69 Å². The molecule has 112 valence electrons. The Morgan fingerprint density at radius 1 is 1.40 bits per heavy atom. The second-order valence-electron chi connectivity index (χ2n) is 5.05. The summed E-state index contributed by atoms with van der Waals surface area (Å²) >= 11 is 1.44. The standard InChI is InChI=1S/C14H23N3O2S/c1-3-11(9-18)16-5-7-17(8-6-16)14(19)13-12(4-2)15-10-20-13/h10-11,18H,3-9H2,1-2H3. The van der Waals surface area contributed by atoms with Gasteiger partial charge in [0.15, 0.2) is 0 Å². The lowest BCUT2D eigenvalue weighted by atomic mass is 10.1. The van der Waals surface area contributed by atoms with Crippen LogP contribution in [0.3, 0.4) is 0 Å². The van der Waals surface area contributed by atoms with E-state index >= 15 is 0 Å². The summed E-state index contributed by atoms with van der Waals surface area (Å²) in [7, 11) is 0. The maximum Gasteiger partial charge on any atom is 0.265 e. The van der Waals surface area contributed by atoms with Crippen LogP contribution in [0.15, 0.2) is 5.51 Å². The van der Waals surface area contributed by atoms with Crippen LogP contribution in [-0.2, 0) is 6.42 Å². The number of hydrogen-bond donors (Lipinski definition) is 1. The predicted octanol–water partition coefficient (Wildman–Crippen LogP) is 1.23. The number of rotatable bonds is 5. The zero-order chi connectivity index (χ0) is 14.5. The van der Waals surface area contributed by atoms with Gasteiger partial charge in [-0.25, -0.2) is 4.98 Å². The molecule has 2 heterocycles. The van der Waals surface area contributed by atoms with Crippen LogP contribution in [-0.4, -0.2) is 64.6 Å². The average molecular weight is 297 g/mol. The second-order valence-corrected chi connectivity index (χ2v) is 5.91. The summed E-state index contributed by atoms with van der Waals surface area (Å²) in [6.07, 6.45) is 1.74. The molecule has 1 amide bonds. The first kappa shape index (κ1) is 15.4. The molecule has 0 spiro atoms. The van der Waals surface area contributed by atoms with Gasteiger partial charge >= 0.3 is 0 Å². The second kappa shape index (κ2) is 7.15. The van der Waals surface area contributed by atoms with Crippen molar-refractivity contribution in [3.63, 3.8) is 0 Å². The highest BCUT2D eigenvalue weighted by atomic mass is 32.1. The Morgan fingerprint density at radius 3 is 2.65 bits per heavy atom. The predicted molar refractivity (Wildman–Crippen MR) is 80.1 cm³/mol. The summed E-state index contributed by atoms with van der Waals surface area (Å²) in [5.74, 6) is 0.112. The SMILES string of the molecule is CCc1ncsc1C(=O)N1CCN(C(CC)CO)CC1. The molecule has 2 rings (SSSR count). The molecule has 5 nitrogen and oxygen atoms in total. The molecule has 0 bridgehead atoms. The Labute approximate surface area is 124 Å². The number of piperazine rings is 1. The third-order valence-electron chi connectivity index (χ3n) is 3.97. The van der Waals surface area contributed by atoms with Gasteiger partial charge in [-0.15, -0.1) is 11.3 Å². The first-order valence-corrected chi connectivity index (χ1v) is 8.15. The van der Waals surface area contributed by atoms with Gasteiger partial charge in [0.25, 0.3) is 5.91 Å². The lowest BCUT2D eigenvalue weighted by Crippen LogP contribution is -2.52. The van der Waals surface area contributed by atoms with E-state index < -0.39 is 0 Å². The number of aryl methyl sites for hydroxylation is 1. The van der Waals surface area contributed by atoms with Crippen LogP contribution >= 0.6 is 11.3 Å². The Kier molecular flexibility index (Phi) is 5.51. The number of nitrogens with zero attached hydrogens (tertiary/aromatic N) is 3. The van der Waals surface area contributed by atoms with Gasteiger partial charge in [0.2, 0.25) is 0 Å². The van der Waals surface area contributed by atoms with E-state index in [-0.39, 0.29) is 18.6 Å². The molecule has 1 fully saturated rings. The van der Waals surface area contributed by atoms with E-state index in [0.29, 0.717) is 0 Å². The van der Waals surface area contributed by atoms with Crippen LogP contribution in [0.5, 0.6) is 0 Å². The van der Waals surface area contributed by atoms with Crippen molar-refractivity contribution in [1.29, 1.82) is 0 Å². The van der Waals surface area contributed by atoms with Crippen LogP contribution in [0.1, 0.15) is 35.6 Å². The molecule has 0 aromatic carbocycles. The number of amides is 1. The summed E-state index contributed by atoms with van der Waals surface area (Å²) in [6, 6.07) is 0.224. The number of aromatic nitrogens is 1. The Balaban J connectivity index is 1.95. The summed E-state index contributed by atoms with van der Waals surface area (Å²) < 4.78 is 0. The lowest BCUT2D eigenvalue weighted by molar-refractivity contribution is 0.0475. The summed E-state index contributed by atoms with van der Waals surface area (Å²) in [5, 5.41) is 9.34. The van der Waals surface area contributed by atoms with Crippen molar-refractivity contribution in [3.8, 4) is 0 Å². The topological polar surface area (TPSA) is 56.7 Å². The van der Waals surface area contributed by atoms with E-state index in [9.17, 15) is 9.90 Å². The van der Waals surface area contributed by atoms with E-state index in [2.05, 4.69) is 16.8 Å². The number of carbonyl (C=O) groups excluding carboxylic acids is 1. The minimum atomic E-state index is 0.112. The fourth-order valence-corrected chi connectivity index (χ4v) is 3.48. The van der Waals surface area contributed by atoms with Gasteiger partial charge in [0.1, 0.15) is 4.88 Å². The lowest BCUT2D eigenvalue weighted by Gasteiger charge is -2.38. The number of carbonyl (C=O) groups is 1. The minimum absolute atomic E-state index is 0.112. The zero-order valence-electron chi connectivity index (χ0n) is 12.2. The van der Waals surface area contributed by atoms with Crippen LogP contribution in [0.25, 0.3) is 0 Å². The smallest absolute Gasteiger partial charge is 0.265 e. The molecule has 1 unspecified atom stereocenters. The molecule has 1 saturated heterocycles. The number of aliphatic hydroxyl groups excluding tert-OH is 1. The van der Waals surface area contributed by atoms with Gasteiger partial charge in [-0.05, 0) is 12.8 Å². The third kappa shape index (κ3) is 3.19. The summed E-state index contributed by atoms with van der Waals surface area (Å²) in [5.41, 5.74) is 2.66. The molecule has 1 aromatic rings. The Bertz CT molecular complexity index is 437. The van der Waals surface area contributed by atoms with E-state index in [4.69, 9.17) is 0 Å². The van der Waals surface area contributed by atoms with Crippen molar-refractivity contribution in [1.82, 2.24) is 14.8 Å². The monoisotopic (exact) mass is 297 g/mol. The van der Waals surface area contributed by atoms with Gasteiger partial charge in [-0.2, -0.15) is 0 Å². The van der Waals surface area contributed by atoms with E-state index in [1.54, 1.807) is 5.51 Å². The first-order valence-electron chi connectivity index (χ1n) is 7.27. The van der Waals surface area contributed by atoms with Gasteiger partial charge < -0.3 is 10.0 Å². The van der Waals surface area contributed by atoms with Gasteiger partial charge in [0.05, 0.1) is 17.8 Å². The molecule has 0 aliphatic carbocycles. The van der Waals surface area contributed by atoms with Crippen molar-refractivity contribution in [2.75, 3.05) is 32.8 Å². The summed E-state index contributed by atoms with van der Waals surface area (Å²) in [4.78, 5) is 21.7. The molecule has 1 aromatic heterocycles. The molecular formula is C14H23N3O2S. The molecule has 0 radical (unpaired) electrons. The van der Waals surface area contributed by atoms with Gasteiger partial charge in [-0.1, -0.05) is 13.8 Å². The molecule has 0 saturated carbocycles. The van der Waals surface area contributed by atoms with Crippen molar-refractivity contribution in [2.24, 2.45) is 0 Å². The zero-order valence-corrected chi connectivity index (χ0v) is 13.0. The van der Waals surface area contributed by atoms with Crippen LogP contribution in [0.2, 0.25) is 0 Å². The van der Waals surface area contributed by atoms with Crippen molar-refractivity contribution in [2.45, 2.75) is 32.7 Å². The molecule has 6 heteroatoms. The van der Waals surface area contributed by atoms with Crippen molar-refractivity contribution >= 4 is 17.2 Å². The molecule has 1 N–H and O–H groups in total. The molecule has 20 heavy (non-hydrogen) atoms. The van der Waals surface area contributed by atoms with E-state index in [1.807, 2.05) is 11.8 Å². The third-order valence-corrected chi connectivity index (χ3v) is 4.83. The largest absolute Gasteiger partial charge is 0.395 e. The molecule has 1 atom stereocenters. The fourth-order valence-electron chi connectivity index (χ4n) is 2.63. The maximum absolute atomic E-state index is 12.5. The van der Waals surface area contributed by atoms with Crippen molar-refractivity contribution in [3.05, 3.63) is 16.1 Å². The Morgan fingerprint density at radius 2 is 2.10 bits per heavy atom. The number of hydrogen-bond acceptors (Lipinski definition) is 5. The highest BCUT2D eigenvalue weighted by Gasteiger charge is 2.27. The molecule has 1 aliphatic heterocycles. The van der Waals surface area contributed by atoms with E-state index in [0.717, 1.165) is 49.6 Å².